The SMILES string of the molecule is Cc1nc(Nc2ccc(Cl)cc2)sc1CCO[N+](=O)[O-]. The predicted octanol–water partition coefficient (Wildman–Crippen LogP) is 3.60. The van der Waals surface area contributed by atoms with Crippen LogP contribution in [0.3, 0.4) is 0 Å². The van der Waals surface area contributed by atoms with E-state index < -0.39 is 5.09 Å². The van der Waals surface area contributed by atoms with Gasteiger partial charge in [0.1, 0.15) is 6.61 Å². The highest BCUT2D eigenvalue weighted by molar-refractivity contribution is 7.15. The smallest absolute Gasteiger partial charge is 0.294 e. The molecule has 0 fully saturated rings. The van der Waals surface area contributed by atoms with Crippen molar-refractivity contribution in [1.82, 2.24) is 4.98 Å². The molecule has 0 aliphatic rings. The Hall–Kier alpha value is -1.86. The third-order valence-corrected chi connectivity index (χ3v) is 3.90. The van der Waals surface area contributed by atoms with Crippen molar-refractivity contribution in [2.24, 2.45) is 0 Å². The standard InChI is InChI=1S/C12H12ClN3O3S/c1-8-11(6-7-19-16(17)18)20-12(14-8)15-10-4-2-9(13)3-5-10/h2-5H,6-7H2,1H3,(H,14,15). The molecule has 1 aromatic carbocycles. The first-order valence-corrected chi connectivity index (χ1v) is 7.00. The number of benzene rings is 1. The van der Waals surface area contributed by atoms with Crippen molar-refractivity contribution in [3.05, 3.63) is 50.0 Å². The highest BCUT2D eigenvalue weighted by atomic mass is 35.5. The van der Waals surface area contributed by atoms with Crippen LogP contribution in [0.5, 0.6) is 0 Å². The molecule has 8 heteroatoms. The molecule has 20 heavy (non-hydrogen) atoms. The van der Waals surface area contributed by atoms with Crippen LogP contribution in [0, 0.1) is 17.0 Å². The quantitative estimate of drug-likeness (QED) is 0.651. The summed E-state index contributed by atoms with van der Waals surface area (Å²) in [5, 5.41) is 13.9. The van der Waals surface area contributed by atoms with Crippen molar-refractivity contribution < 1.29 is 9.92 Å². The van der Waals surface area contributed by atoms with Gasteiger partial charge >= 0.3 is 0 Å². The van der Waals surface area contributed by atoms with Gasteiger partial charge in [0.25, 0.3) is 5.09 Å². The maximum absolute atomic E-state index is 10.1. The van der Waals surface area contributed by atoms with E-state index in [0.29, 0.717) is 11.4 Å². The minimum Gasteiger partial charge on any atom is -0.332 e. The summed E-state index contributed by atoms with van der Waals surface area (Å²) in [5.74, 6) is 0. The molecule has 0 amide bonds. The van der Waals surface area contributed by atoms with Gasteiger partial charge in [-0.3, -0.25) is 0 Å². The number of hydrogen-bond donors (Lipinski definition) is 1. The zero-order valence-corrected chi connectivity index (χ0v) is 12.2. The first-order chi connectivity index (χ1) is 9.54. The minimum absolute atomic E-state index is 0.0381. The van der Waals surface area contributed by atoms with E-state index in [0.717, 1.165) is 21.4 Å². The van der Waals surface area contributed by atoms with E-state index in [1.165, 1.54) is 11.3 Å². The molecular formula is C12H12ClN3O3S. The third kappa shape index (κ3) is 4.07. The van der Waals surface area contributed by atoms with Crippen LogP contribution < -0.4 is 5.32 Å². The number of aromatic nitrogens is 1. The van der Waals surface area contributed by atoms with Gasteiger partial charge in [-0.15, -0.1) is 21.5 Å². The second kappa shape index (κ2) is 6.53. The van der Waals surface area contributed by atoms with Crippen LogP contribution >= 0.6 is 22.9 Å². The molecule has 0 bridgehead atoms. The highest BCUT2D eigenvalue weighted by Crippen LogP contribution is 2.26. The number of thiazole rings is 1. The molecule has 2 rings (SSSR count). The van der Waals surface area contributed by atoms with Crippen molar-refractivity contribution >= 4 is 33.8 Å². The summed E-state index contributed by atoms with van der Waals surface area (Å²) < 4.78 is 0. The fourth-order valence-electron chi connectivity index (χ4n) is 1.58. The molecule has 6 nitrogen and oxygen atoms in total. The maximum Gasteiger partial charge on any atom is 0.294 e. The van der Waals surface area contributed by atoms with E-state index in [4.69, 9.17) is 11.6 Å². The number of aryl methyl sites for hydroxylation is 1. The van der Waals surface area contributed by atoms with Gasteiger partial charge in [0.2, 0.25) is 0 Å². The topological polar surface area (TPSA) is 77.3 Å². The average Bonchev–Trinajstić information content (AvgIpc) is 2.72. The lowest BCUT2D eigenvalue weighted by atomic mass is 10.3. The van der Waals surface area contributed by atoms with Crippen LogP contribution in [-0.2, 0) is 11.3 Å². The van der Waals surface area contributed by atoms with Crippen molar-refractivity contribution in [3.63, 3.8) is 0 Å². The van der Waals surface area contributed by atoms with Crippen LogP contribution in [0.4, 0.5) is 10.8 Å². The van der Waals surface area contributed by atoms with Gasteiger partial charge in [0.05, 0.1) is 5.69 Å². The predicted molar refractivity (Wildman–Crippen MR) is 78.2 cm³/mol. The first-order valence-electron chi connectivity index (χ1n) is 5.81. The molecular weight excluding hydrogens is 302 g/mol. The van der Waals surface area contributed by atoms with Crippen molar-refractivity contribution in [2.75, 3.05) is 11.9 Å². The Balaban J connectivity index is 1.99. The summed E-state index contributed by atoms with van der Waals surface area (Å²) in [4.78, 5) is 19.7. The molecule has 0 saturated heterocycles. The van der Waals surface area contributed by atoms with E-state index in [-0.39, 0.29) is 6.61 Å². The molecule has 1 aromatic heterocycles. The van der Waals surface area contributed by atoms with Crippen molar-refractivity contribution in [2.45, 2.75) is 13.3 Å². The number of nitrogens with one attached hydrogen (secondary N) is 1. The largest absolute Gasteiger partial charge is 0.332 e. The molecule has 0 atom stereocenters. The number of nitrogens with zero attached hydrogens (tertiary/aromatic N) is 2. The van der Waals surface area contributed by atoms with Crippen molar-refractivity contribution in [1.29, 1.82) is 0 Å². The van der Waals surface area contributed by atoms with Crippen LogP contribution in [0.2, 0.25) is 5.02 Å². The van der Waals surface area contributed by atoms with E-state index in [2.05, 4.69) is 15.1 Å². The third-order valence-electron chi connectivity index (χ3n) is 2.51. The van der Waals surface area contributed by atoms with Crippen LogP contribution in [0.25, 0.3) is 0 Å². The zero-order valence-electron chi connectivity index (χ0n) is 10.6. The van der Waals surface area contributed by atoms with Gasteiger partial charge in [0.15, 0.2) is 5.13 Å². The van der Waals surface area contributed by atoms with Gasteiger partial charge in [-0.05, 0) is 31.2 Å². The van der Waals surface area contributed by atoms with Gasteiger partial charge in [-0.1, -0.05) is 11.6 Å². The second-order valence-corrected chi connectivity index (χ2v) is 5.49. The molecule has 0 spiro atoms. The van der Waals surface area contributed by atoms with E-state index in [1.54, 1.807) is 12.1 Å². The number of anilines is 2. The Labute approximate surface area is 124 Å². The summed E-state index contributed by atoms with van der Waals surface area (Å²) in [6.45, 7) is 1.90. The van der Waals surface area contributed by atoms with E-state index in [9.17, 15) is 10.1 Å². The molecule has 0 aliphatic carbocycles. The molecule has 0 aliphatic heterocycles. The molecule has 1 N–H and O–H groups in total. The van der Waals surface area contributed by atoms with Gasteiger partial charge in [-0.25, -0.2) is 4.98 Å². The maximum atomic E-state index is 10.1. The summed E-state index contributed by atoms with van der Waals surface area (Å²) in [5.41, 5.74) is 1.73. The fraction of sp³-hybridized carbons (Fsp3) is 0.250. The van der Waals surface area contributed by atoms with Crippen LogP contribution in [0.1, 0.15) is 10.6 Å². The summed E-state index contributed by atoms with van der Waals surface area (Å²) in [6.07, 6.45) is 0.465. The highest BCUT2D eigenvalue weighted by Gasteiger charge is 2.08. The number of rotatable bonds is 6. The summed E-state index contributed by atoms with van der Waals surface area (Å²) in [6, 6.07) is 7.29. The Kier molecular flexibility index (Phi) is 4.75. The van der Waals surface area contributed by atoms with Gasteiger partial charge in [-0.2, -0.15) is 0 Å². The van der Waals surface area contributed by atoms with E-state index >= 15 is 0 Å². The Bertz CT molecular complexity index is 600. The summed E-state index contributed by atoms with van der Waals surface area (Å²) >= 11 is 7.27. The minimum atomic E-state index is -0.788. The fourth-order valence-corrected chi connectivity index (χ4v) is 2.67. The Morgan fingerprint density at radius 3 is 2.80 bits per heavy atom. The molecule has 0 unspecified atom stereocenters. The van der Waals surface area contributed by atoms with Gasteiger partial charge < -0.3 is 10.2 Å². The molecule has 2 aromatic rings. The number of halogens is 1. The lowest BCUT2D eigenvalue weighted by Crippen LogP contribution is -2.04. The van der Waals surface area contributed by atoms with Crippen molar-refractivity contribution in [3.8, 4) is 0 Å². The average molecular weight is 314 g/mol. The molecule has 1 heterocycles. The summed E-state index contributed by atoms with van der Waals surface area (Å²) in [7, 11) is 0. The second-order valence-electron chi connectivity index (χ2n) is 3.97. The Morgan fingerprint density at radius 1 is 1.45 bits per heavy atom. The Morgan fingerprint density at radius 2 is 2.15 bits per heavy atom. The van der Waals surface area contributed by atoms with E-state index in [1.807, 2.05) is 19.1 Å². The normalized spacial score (nSPS) is 10.3. The number of hydrogen-bond acceptors (Lipinski definition) is 6. The lowest BCUT2D eigenvalue weighted by molar-refractivity contribution is -0.757. The zero-order chi connectivity index (χ0) is 14.5. The van der Waals surface area contributed by atoms with Crippen LogP contribution in [-0.4, -0.2) is 16.7 Å². The molecule has 0 radical (unpaired) electrons. The molecule has 0 saturated carbocycles. The van der Waals surface area contributed by atoms with Crippen LogP contribution in [0.15, 0.2) is 24.3 Å². The first kappa shape index (κ1) is 14.5. The molecule has 106 valence electrons. The van der Waals surface area contributed by atoms with Gasteiger partial charge in [0, 0.05) is 22.0 Å². The monoisotopic (exact) mass is 313 g/mol. The lowest BCUT2D eigenvalue weighted by Gasteiger charge is -2.01.